The second-order valence-corrected chi connectivity index (χ2v) is 6.85. The highest BCUT2D eigenvalue weighted by Crippen LogP contribution is 2.26. The molecule has 3 N–H and O–H groups in total. The molecule has 0 bridgehead atoms. The van der Waals surface area contributed by atoms with Gasteiger partial charge in [-0.25, -0.2) is 4.79 Å². The van der Waals surface area contributed by atoms with E-state index in [1.54, 1.807) is 0 Å². The minimum absolute atomic E-state index is 0.0502. The van der Waals surface area contributed by atoms with Crippen molar-refractivity contribution in [3.8, 4) is 0 Å². The van der Waals surface area contributed by atoms with Crippen molar-refractivity contribution in [2.24, 2.45) is 0 Å². The molecule has 1 saturated carbocycles. The number of nitrogens with one attached hydrogen (secondary N) is 2. The number of carbonyl (C=O) groups excluding carboxylic acids is 1. The first-order valence-electron chi connectivity index (χ1n) is 8.71. The lowest BCUT2D eigenvalue weighted by atomic mass is 9.85. The summed E-state index contributed by atoms with van der Waals surface area (Å²) < 4.78 is 0. The zero-order chi connectivity index (χ0) is 18.4. The van der Waals surface area contributed by atoms with Crippen molar-refractivity contribution in [2.45, 2.75) is 51.2 Å². The van der Waals surface area contributed by atoms with E-state index in [2.05, 4.69) is 10.6 Å². The van der Waals surface area contributed by atoms with Gasteiger partial charge in [0.2, 0.25) is 0 Å². The third kappa shape index (κ3) is 5.61. The molecule has 0 radical (unpaired) electrons. The van der Waals surface area contributed by atoms with Crippen LogP contribution in [0.25, 0.3) is 0 Å². The second-order valence-electron chi connectivity index (χ2n) is 6.41. The van der Waals surface area contributed by atoms with Gasteiger partial charge in [-0.15, -0.1) is 0 Å². The van der Waals surface area contributed by atoms with Crippen LogP contribution in [0.5, 0.6) is 0 Å². The fourth-order valence-corrected chi connectivity index (χ4v) is 3.30. The predicted molar refractivity (Wildman–Crippen MR) is 97.8 cm³/mol. The van der Waals surface area contributed by atoms with Gasteiger partial charge in [-0.05, 0) is 43.5 Å². The van der Waals surface area contributed by atoms with Crippen LogP contribution in [-0.4, -0.2) is 47.2 Å². The summed E-state index contributed by atoms with van der Waals surface area (Å²) in [4.78, 5) is 25.0. The maximum atomic E-state index is 12.2. The Morgan fingerprint density at radius 3 is 2.44 bits per heavy atom. The van der Waals surface area contributed by atoms with Gasteiger partial charge in [0.15, 0.2) is 0 Å². The summed E-state index contributed by atoms with van der Waals surface area (Å²) in [5.41, 5.74) is 1.02. The normalized spacial score (nSPS) is 20.6. The molecule has 1 fully saturated rings. The molecule has 25 heavy (non-hydrogen) atoms. The number of hydrogen-bond acceptors (Lipinski definition) is 3. The molecule has 1 aromatic carbocycles. The SMILES string of the molecule is CCC(NC(=O)NC1CC(N(CC)CC(=O)O)C1)c1ccc(Cl)cc1. The number of benzene rings is 1. The van der Waals surface area contributed by atoms with E-state index in [1.807, 2.05) is 43.0 Å². The Bertz CT molecular complexity index is 588. The number of likely N-dealkylation sites (N-methyl/N-ethyl adjacent to an activating group) is 1. The molecule has 0 spiro atoms. The number of amides is 2. The van der Waals surface area contributed by atoms with Gasteiger partial charge in [0.1, 0.15) is 0 Å². The molecule has 0 aliphatic heterocycles. The highest BCUT2D eigenvalue weighted by Gasteiger charge is 2.34. The van der Waals surface area contributed by atoms with Crippen LogP contribution in [0.3, 0.4) is 0 Å². The fourth-order valence-electron chi connectivity index (χ4n) is 3.18. The smallest absolute Gasteiger partial charge is 0.317 e. The Kier molecular flexibility index (Phi) is 7.08. The molecule has 1 atom stereocenters. The van der Waals surface area contributed by atoms with Gasteiger partial charge in [-0.2, -0.15) is 0 Å². The number of carboxylic acid groups (broad SMARTS) is 1. The number of aliphatic carboxylic acids is 1. The van der Waals surface area contributed by atoms with Crippen LogP contribution < -0.4 is 10.6 Å². The lowest BCUT2D eigenvalue weighted by molar-refractivity contribution is -0.139. The van der Waals surface area contributed by atoms with Crippen molar-refractivity contribution in [1.82, 2.24) is 15.5 Å². The van der Waals surface area contributed by atoms with Gasteiger partial charge in [0, 0.05) is 17.1 Å². The first-order chi connectivity index (χ1) is 11.9. The first-order valence-corrected chi connectivity index (χ1v) is 9.09. The average Bonchev–Trinajstić information content (AvgIpc) is 2.54. The summed E-state index contributed by atoms with van der Waals surface area (Å²) in [6.45, 7) is 4.72. The Morgan fingerprint density at radius 2 is 1.92 bits per heavy atom. The van der Waals surface area contributed by atoms with Gasteiger partial charge >= 0.3 is 12.0 Å². The van der Waals surface area contributed by atoms with Gasteiger partial charge < -0.3 is 15.7 Å². The molecular formula is C18H26ClN3O3. The van der Waals surface area contributed by atoms with Gasteiger partial charge in [-0.3, -0.25) is 9.69 Å². The van der Waals surface area contributed by atoms with E-state index in [-0.39, 0.29) is 30.7 Å². The summed E-state index contributed by atoms with van der Waals surface area (Å²) in [6.07, 6.45) is 2.35. The molecule has 2 rings (SSSR count). The van der Waals surface area contributed by atoms with Gasteiger partial charge in [0.05, 0.1) is 12.6 Å². The highest BCUT2D eigenvalue weighted by molar-refractivity contribution is 6.30. The maximum Gasteiger partial charge on any atom is 0.317 e. The first kappa shape index (κ1) is 19.5. The molecule has 138 valence electrons. The van der Waals surface area contributed by atoms with Gasteiger partial charge in [-0.1, -0.05) is 37.6 Å². The van der Waals surface area contributed by atoms with Crippen LogP contribution in [0.15, 0.2) is 24.3 Å². The molecule has 1 unspecified atom stereocenters. The Balaban J connectivity index is 1.79. The Labute approximate surface area is 153 Å². The fraction of sp³-hybridized carbons (Fsp3) is 0.556. The third-order valence-corrected chi connectivity index (χ3v) is 4.95. The van der Waals surface area contributed by atoms with E-state index in [4.69, 9.17) is 16.7 Å². The van der Waals surface area contributed by atoms with Crippen LogP contribution in [0.4, 0.5) is 4.79 Å². The number of urea groups is 1. The van der Waals surface area contributed by atoms with E-state index in [0.29, 0.717) is 11.6 Å². The van der Waals surface area contributed by atoms with Crippen molar-refractivity contribution >= 4 is 23.6 Å². The summed E-state index contributed by atoms with van der Waals surface area (Å²) >= 11 is 5.90. The number of halogens is 1. The molecule has 1 aliphatic carbocycles. The molecule has 1 aromatic rings. The summed E-state index contributed by atoms with van der Waals surface area (Å²) in [7, 11) is 0. The highest BCUT2D eigenvalue weighted by atomic mass is 35.5. The topological polar surface area (TPSA) is 81.7 Å². The van der Waals surface area contributed by atoms with Crippen LogP contribution in [0, 0.1) is 0 Å². The maximum absolute atomic E-state index is 12.2. The Hall–Kier alpha value is -1.79. The van der Waals surface area contributed by atoms with Crippen LogP contribution in [-0.2, 0) is 4.79 Å². The quantitative estimate of drug-likeness (QED) is 0.659. The Morgan fingerprint density at radius 1 is 1.28 bits per heavy atom. The second kappa shape index (κ2) is 9.06. The number of hydrogen-bond donors (Lipinski definition) is 3. The summed E-state index contributed by atoms with van der Waals surface area (Å²) in [6, 6.07) is 7.54. The molecule has 0 heterocycles. The van der Waals surface area contributed by atoms with Crippen LogP contribution in [0.2, 0.25) is 5.02 Å². The standard InChI is InChI=1S/C18H26ClN3O3/c1-3-16(12-5-7-13(19)8-6-12)21-18(25)20-14-9-15(10-14)22(4-2)11-17(23)24/h5-8,14-16H,3-4,9-11H2,1-2H3,(H,23,24)(H2,20,21,25). The zero-order valence-electron chi connectivity index (χ0n) is 14.7. The number of rotatable bonds is 8. The third-order valence-electron chi connectivity index (χ3n) is 4.70. The molecule has 0 saturated heterocycles. The molecule has 0 aromatic heterocycles. The summed E-state index contributed by atoms with van der Waals surface area (Å²) in [5.74, 6) is -0.815. The van der Waals surface area contributed by atoms with E-state index in [9.17, 15) is 9.59 Å². The molecule has 6 nitrogen and oxygen atoms in total. The lowest BCUT2D eigenvalue weighted by Crippen LogP contribution is -2.56. The van der Waals surface area contributed by atoms with E-state index >= 15 is 0 Å². The van der Waals surface area contributed by atoms with E-state index in [0.717, 1.165) is 24.8 Å². The van der Waals surface area contributed by atoms with Crippen molar-refractivity contribution in [3.05, 3.63) is 34.9 Å². The number of carboxylic acids is 1. The van der Waals surface area contributed by atoms with Crippen molar-refractivity contribution < 1.29 is 14.7 Å². The lowest BCUT2D eigenvalue weighted by Gasteiger charge is -2.42. The van der Waals surface area contributed by atoms with Crippen molar-refractivity contribution in [3.63, 3.8) is 0 Å². The largest absolute Gasteiger partial charge is 0.480 e. The molecule has 7 heteroatoms. The van der Waals surface area contributed by atoms with Crippen molar-refractivity contribution in [2.75, 3.05) is 13.1 Å². The minimum Gasteiger partial charge on any atom is -0.480 e. The minimum atomic E-state index is -0.815. The molecule has 1 aliphatic rings. The van der Waals surface area contributed by atoms with E-state index < -0.39 is 5.97 Å². The monoisotopic (exact) mass is 367 g/mol. The number of nitrogens with zero attached hydrogens (tertiary/aromatic N) is 1. The van der Waals surface area contributed by atoms with Crippen LogP contribution >= 0.6 is 11.6 Å². The molecule has 2 amide bonds. The average molecular weight is 368 g/mol. The number of carbonyl (C=O) groups is 2. The predicted octanol–water partition coefficient (Wildman–Crippen LogP) is 3.03. The molecular weight excluding hydrogens is 342 g/mol. The van der Waals surface area contributed by atoms with Crippen molar-refractivity contribution in [1.29, 1.82) is 0 Å². The van der Waals surface area contributed by atoms with Gasteiger partial charge in [0.25, 0.3) is 0 Å². The van der Waals surface area contributed by atoms with Crippen LogP contribution in [0.1, 0.15) is 44.7 Å². The summed E-state index contributed by atoms with van der Waals surface area (Å²) in [5, 5.41) is 15.6. The van der Waals surface area contributed by atoms with E-state index in [1.165, 1.54) is 0 Å². The zero-order valence-corrected chi connectivity index (χ0v) is 15.4.